The number of carbonyl (C=O) groups is 1. The van der Waals surface area contributed by atoms with Gasteiger partial charge in [0, 0.05) is 12.5 Å². The normalized spacial score (nSPS) is 35.1. The van der Waals surface area contributed by atoms with Crippen LogP contribution in [-0.2, 0) is 9.53 Å². The van der Waals surface area contributed by atoms with Gasteiger partial charge in [0.25, 0.3) is 0 Å². The van der Waals surface area contributed by atoms with E-state index in [4.69, 9.17) is 9.47 Å². The Labute approximate surface area is 261 Å². The maximum Gasteiger partial charge on any atom is 0.331 e. The first-order valence-corrected chi connectivity index (χ1v) is 17.4. The number of methoxy groups -OCH3 is 1. The highest BCUT2D eigenvalue weighted by molar-refractivity contribution is 5.87. The van der Waals surface area contributed by atoms with Crippen LogP contribution in [-0.4, -0.2) is 24.3 Å². The summed E-state index contributed by atoms with van der Waals surface area (Å²) in [5.41, 5.74) is 3.09. The van der Waals surface area contributed by atoms with Gasteiger partial charge in [-0.15, -0.1) is 0 Å². The highest BCUT2D eigenvalue weighted by atomic mass is 16.5. The molecule has 0 saturated heterocycles. The van der Waals surface area contributed by atoms with E-state index in [-0.39, 0.29) is 23.2 Å². The molecule has 3 saturated carbocycles. The van der Waals surface area contributed by atoms with Crippen molar-refractivity contribution >= 4 is 12.0 Å². The third-order valence-electron chi connectivity index (χ3n) is 13.2. The molecule has 1 aromatic rings. The molecule has 0 amide bonds. The number of hydrogen-bond acceptors (Lipinski definition) is 4. The van der Waals surface area contributed by atoms with Gasteiger partial charge in [0.2, 0.25) is 0 Å². The smallest absolute Gasteiger partial charge is 0.331 e. The van der Waals surface area contributed by atoms with E-state index in [0.29, 0.717) is 11.2 Å². The van der Waals surface area contributed by atoms with E-state index in [1.807, 2.05) is 0 Å². The predicted octanol–water partition coefficient (Wildman–Crippen LogP) is 10.0. The van der Waals surface area contributed by atoms with Gasteiger partial charge in [-0.25, -0.2) is 4.79 Å². The molecule has 0 radical (unpaired) electrons. The zero-order valence-corrected chi connectivity index (χ0v) is 28.0. The molecule has 3 fully saturated rings. The zero-order chi connectivity index (χ0) is 30.9. The first-order valence-electron chi connectivity index (χ1n) is 17.4. The first-order chi connectivity index (χ1) is 20.5. The molecule has 1 N–H and O–H groups in total. The van der Waals surface area contributed by atoms with Gasteiger partial charge in [0.1, 0.15) is 6.10 Å². The van der Waals surface area contributed by atoms with Crippen molar-refractivity contribution < 1.29 is 19.4 Å². The Hall–Kier alpha value is -2.23. The Kier molecular flexibility index (Phi) is 9.74. The Balaban J connectivity index is 1.20. The third kappa shape index (κ3) is 6.32. The number of esters is 1. The quantitative estimate of drug-likeness (QED) is 0.167. The van der Waals surface area contributed by atoms with Crippen molar-refractivity contribution in [2.45, 2.75) is 118 Å². The van der Waals surface area contributed by atoms with Crippen LogP contribution in [0.15, 0.2) is 35.9 Å². The second-order valence-corrected chi connectivity index (χ2v) is 15.5. The van der Waals surface area contributed by atoms with E-state index in [1.165, 1.54) is 64.6 Å². The minimum Gasteiger partial charge on any atom is -0.504 e. The number of fused-ring (bicyclic) bond motifs is 5. The number of phenolic OH excluding ortho intramolecular Hbond substituents is 1. The predicted molar refractivity (Wildman–Crippen MR) is 176 cm³/mol. The minimum absolute atomic E-state index is 0.0502. The molecular formula is C39H58O4. The number of allylic oxidation sites excluding steroid dienone is 1. The van der Waals surface area contributed by atoms with Crippen molar-refractivity contribution in [1.29, 1.82) is 0 Å². The van der Waals surface area contributed by atoms with Crippen molar-refractivity contribution in [3.05, 3.63) is 41.5 Å². The fraction of sp³-hybridized carbons (Fsp3) is 0.718. The Morgan fingerprint density at radius 3 is 2.58 bits per heavy atom. The molecule has 4 aliphatic carbocycles. The van der Waals surface area contributed by atoms with Crippen LogP contribution in [0, 0.1) is 52.3 Å². The van der Waals surface area contributed by atoms with Crippen LogP contribution >= 0.6 is 0 Å². The molecule has 9 atom stereocenters. The number of benzene rings is 1. The van der Waals surface area contributed by atoms with Gasteiger partial charge in [-0.1, -0.05) is 72.1 Å². The molecule has 238 valence electrons. The van der Waals surface area contributed by atoms with Crippen LogP contribution in [0.3, 0.4) is 0 Å². The van der Waals surface area contributed by atoms with Gasteiger partial charge in [-0.2, -0.15) is 0 Å². The first kappa shape index (κ1) is 32.2. The summed E-state index contributed by atoms with van der Waals surface area (Å²) in [4.78, 5) is 12.7. The average molecular weight is 591 g/mol. The summed E-state index contributed by atoms with van der Waals surface area (Å²) in [5.74, 6) is 6.01. The number of hydrogen-bond donors (Lipinski definition) is 1. The van der Waals surface area contributed by atoms with Gasteiger partial charge in [0.05, 0.1) is 7.11 Å². The van der Waals surface area contributed by atoms with Crippen molar-refractivity contribution in [3.63, 3.8) is 0 Å². The number of ether oxygens (including phenoxy) is 2. The van der Waals surface area contributed by atoms with E-state index in [1.54, 1.807) is 29.8 Å². The molecule has 0 heterocycles. The fourth-order valence-electron chi connectivity index (χ4n) is 10.6. The van der Waals surface area contributed by atoms with Gasteiger partial charge >= 0.3 is 5.97 Å². The van der Waals surface area contributed by atoms with Crippen LogP contribution in [0.5, 0.6) is 11.5 Å². The molecule has 0 aromatic heterocycles. The third-order valence-corrected chi connectivity index (χ3v) is 13.2. The van der Waals surface area contributed by atoms with Gasteiger partial charge < -0.3 is 14.6 Å². The summed E-state index contributed by atoms with van der Waals surface area (Å²) in [6, 6.07) is 5.05. The summed E-state index contributed by atoms with van der Waals surface area (Å²) in [6.45, 7) is 15.0. The molecular weight excluding hydrogens is 532 g/mol. The van der Waals surface area contributed by atoms with Crippen molar-refractivity contribution in [3.8, 4) is 11.5 Å². The molecule has 4 nitrogen and oxygen atoms in total. The number of phenols is 1. The highest BCUT2D eigenvalue weighted by Crippen LogP contribution is 2.67. The Bertz CT molecular complexity index is 1200. The van der Waals surface area contributed by atoms with E-state index in [9.17, 15) is 9.90 Å². The molecule has 0 spiro atoms. The van der Waals surface area contributed by atoms with Crippen molar-refractivity contribution in [2.75, 3.05) is 7.11 Å². The second-order valence-electron chi connectivity index (χ2n) is 15.5. The van der Waals surface area contributed by atoms with Gasteiger partial charge in [0.15, 0.2) is 11.5 Å². The largest absolute Gasteiger partial charge is 0.504 e. The van der Waals surface area contributed by atoms with E-state index in [0.717, 1.165) is 66.3 Å². The standard InChI is InChI=1S/C39H58O4/c1-8-28(25(2)3)12-9-26(4)32-15-16-33-31-14-13-29-24-30(19-21-38(29,5)34(31)20-22-39(32,33)6)43-37(41)18-11-27-10-17-35(40)36(23-27)42-7/h10-11,13,17-18,23,25-26,28,30-34,40H,8-9,12,14-16,19-22,24H2,1-7H3/b18-11+/t26-,28-,30+,31+,32-,33+,34+,38+,39-/m1/s1. The zero-order valence-electron chi connectivity index (χ0n) is 28.0. The maximum absolute atomic E-state index is 12.7. The molecule has 1 aromatic carbocycles. The maximum atomic E-state index is 12.7. The topological polar surface area (TPSA) is 55.8 Å². The summed E-state index contributed by atoms with van der Waals surface area (Å²) >= 11 is 0. The molecule has 0 bridgehead atoms. The van der Waals surface area contributed by atoms with Crippen LogP contribution in [0.1, 0.15) is 118 Å². The van der Waals surface area contributed by atoms with Crippen LogP contribution in [0.25, 0.3) is 6.08 Å². The molecule has 5 rings (SSSR count). The summed E-state index contributed by atoms with van der Waals surface area (Å²) in [6.07, 6.45) is 19.6. The lowest BCUT2D eigenvalue weighted by molar-refractivity contribution is -0.145. The van der Waals surface area contributed by atoms with Crippen LogP contribution < -0.4 is 4.74 Å². The Morgan fingerprint density at radius 2 is 1.86 bits per heavy atom. The van der Waals surface area contributed by atoms with E-state index >= 15 is 0 Å². The molecule has 4 heteroatoms. The second kappa shape index (κ2) is 13.0. The van der Waals surface area contributed by atoms with Crippen molar-refractivity contribution in [1.82, 2.24) is 0 Å². The van der Waals surface area contributed by atoms with Crippen molar-refractivity contribution in [2.24, 2.45) is 52.3 Å². The monoisotopic (exact) mass is 590 g/mol. The summed E-state index contributed by atoms with van der Waals surface area (Å²) in [5, 5.41) is 9.82. The highest BCUT2D eigenvalue weighted by Gasteiger charge is 2.59. The lowest BCUT2D eigenvalue weighted by Gasteiger charge is -2.58. The Morgan fingerprint density at radius 1 is 1.07 bits per heavy atom. The number of rotatable bonds is 10. The molecule has 0 unspecified atom stereocenters. The molecule has 0 aliphatic heterocycles. The fourth-order valence-corrected chi connectivity index (χ4v) is 10.6. The lowest BCUT2D eigenvalue weighted by atomic mass is 9.47. The van der Waals surface area contributed by atoms with E-state index < -0.39 is 0 Å². The molecule has 43 heavy (non-hydrogen) atoms. The number of aromatic hydroxyl groups is 1. The molecule has 4 aliphatic rings. The van der Waals surface area contributed by atoms with Crippen LogP contribution in [0.4, 0.5) is 0 Å². The SMILES string of the molecule is CC[C@H](CC[C@@H](C)[C@H]1CC[C@H]2[C@@H]3CC=C4C[C@@H](OC(=O)/C=C/c5ccc(O)c(OC)c5)CC[C@]4(C)[C@H]3CC[C@]12C)C(C)C. The minimum atomic E-state index is -0.298. The van der Waals surface area contributed by atoms with Crippen LogP contribution in [0.2, 0.25) is 0 Å². The summed E-state index contributed by atoms with van der Waals surface area (Å²) in [7, 11) is 1.52. The lowest BCUT2D eigenvalue weighted by Crippen LogP contribution is -2.51. The average Bonchev–Trinajstić information content (AvgIpc) is 3.34. The van der Waals surface area contributed by atoms with Gasteiger partial charge in [-0.05, 0) is 127 Å². The van der Waals surface area contributed by atoms with E-state index in [2.05, 4.69) is 47.6 Å². The summed E-state index contributed by atoms with van der Waals surface area (Å²) < 4.78 is 11.1. The van der Waals surface area contributed by atoms with Gasteiger partial charge in [-0.3, -0.25) is 0 Å². The number of carbonyl (C=O) groups excluding carboxylic acids is 1.